The van der Waals surface area contributed by atoms with Gasteiger partial charge in [0.1, 0.15) is 22.4 Å². The van der Waals surface area contributed by atoms with E-state index in [0.29, 0.717) is 16.3 Å². The van der Waals surface area contributed by atoms with Gasteiger partial charge in [0.25, 0.3) is 0 Å². The molecule has 1 aromatic heterocycles. The van der Waals surface area contributed by atoms with Crippen LogP contribution in [-0.2, 0) is 5.41 Å². The number of aliphatic hydroxyl groups excluding tert-OH is 1. The predicted octanol–water partition coefficient (Wildman–Crippen LogP) is 6.01. The van der Waals surface area contributed by atoms with Crippen molar-refractivity contribution in [2.45, 2.75) is 26.2 Å². The molecule has 0 fully saturated rings. The molecule has 1 aliphatic rings. The van der Waals surface area contributed by atoms with Crippen LogP contribution in [0.1, 0.15) is 31.3 Å². The van der Waals surface area contributed by atoms with Gasteiger partial charge in [0.15, 0.2) is 0 Å². The highest BCUT2D eigenvalue weighted by atomic mass is 32.1. The molecule has 29 heavy (non-hydrogen) atoms. The Labute approximate surface area is 173 Å². The second kappa shape index (κ2) is 7.12. The molecule has 0 aliphatic carbocycles. The number of thiazole rings is 1. The molecule has 0 atom stereocenters. The average Bonchev–Trinajstić information content (AvgIpc) is 3.26. The molecular formula is C23H22FN3OS. The molecular weight excluding hydrogens is 385 g/mol. The maximum absolute atomic E-state index is 13.2. The Bertz CT molecular complexity index is 1090. The van der Waals surface area contributed by atoms with Crippen molar-refractivity contribution in [3.63, 3.8) is 0 Å². The summed E-state index contributed by atoms with van der Waals surface area (Å²) in [5.41, 5.74) is 4.08. The maximum atomic E-state index is 13.2. The number of nitrogens with one attached hydrogen (secondary N) is 1. The molecule has 148 valence electrons. The lowest BCUT2D eigenvalue weighted by molar-refractivity contribution is 0.411. The van der Waals surface area contributed by atoms with Crippen LogP contribution in [0, 0.1) is 11.2 Å². The standard InChI is InChI=1S/C23H22FN3OS/c1-23(2,3)15-6-10-17(11-7-15)27-12-19(28)20(21(27)25)22-26-18(13-29-22)14-4-8-16(24)9-5-14/h4-11,13,25,28H,12H2,1-3H3. The van der Waals surface area contributed by atoms with Gasteiger partial charge in [0.2, 0.25) is 0 Å². The van der Waals surface area contributed by atoms with Crippen LogP contribution >= 0.6 is 11.3 Å². The number of aliphatic hydroxyl groups is 1. The second-order valence-electron chi connectivity index (χ2n) is 8.10. The summed E-state index contributed by atoms with van der Waals surface area (Å²) in [5.74, 6) is 0.0659. The van der Waals surface area contributed by atoms with E-state index in [4.69, 9.17) is 5.41 Å². The molecule has 4 nitrogen and oxygen atoms in total. The summed E-state index contributed by atoms with van der Waals surface area (Å²) in [5, 5.41) is 21.6. The molecule has 2 aromatic carbocycles. The quantitative estimate of drug-likeness (QED) is 0.559. The van der Waals surface area contributed by atoms with Gasteiger partial charge < -0.3 is 10.0 Å². The topological polar surface area (TPSA) is 60.2 Å². The molecule has 0 spiro atoms. The van der Waals surface area contributed by atoms with Gasteiger partial charge in [0.05, 0.1) is 17.8 Å². The monoisotopic (exact) mass is 407 g/mol. The zero-order valence-corrected chi connectivity index (χ0v) is 17.3. The number of amidine groups is 1. The van der Waals surface area contributed by atoms with Gasteiger partial charge in [-0.15, -0.1) is 11.3 Å². The zero-order valence-electron chi connectivity index (χ0n) is 16.5. The lowest BCUT2D eigenvalue weighted by Crippen LogP contribution is -2.26. The normalized spacial score (nSPS) is 14.8. The smallest absolute Gasteiger partial charge is 0.139 e. The lowest BCUT2D eigenvalue weighted by Gasteiger charge is -2.22. The van der Waals surface area contributed by atoms with Crippen molar-refractivity contribution < 1.29 is 9.50 Å². The number of halogens is 1. The van der Waals surface area contributed by atoms with E-state index in [1.807, 2.05) is 17.5 Å². The first kappa shape index (κ1) is 19.3. The predicted molar refractivity (Wildman–Crippen MR) is 117 cm³/mol. The minimum Gasteiger partial charge on any atom is -0.510 e. The van der Waals surface area contributed by atoms with Gasteiger partial charge in [0, 0.05) is 16.6 Å². The molecule has 0 bridgehead atoms. The summed E-state index contributed by atoms with van der Waals surface area (Å²) in [7, 11) is 0. The lowest BCUT2D eigenvalue weighted by atomic mass is 9.87. The van der Waals surface area contributed by atoms with Crippen LogP contribution < -0.4 is 4.90 Å². The van der Waals surface area contributed by atoms with E-state index in [2.05, 4.69) is 37.9 Å². The Morgan fingerprint density at radius 2 is 1.72 bits per heavy atom. The number of hydrogen-bond donors (Lipinski definition) is 2. The Morgan fingerprint density at radius 1 is 1.07 bits per heavy atom. The van der Waals surface area contributed by atoms with Crippen molar-refractivity contribution >= 4 is 28.4 Å². The fourth-order valence-corrected chi connectivity index (χ4v) is 4.20. The second-order valence-corrected chi connectivity index (χ2v) is 8.96. The van der Waals surface area contributed by atoms with Gasteiger partial charge in [-0.05, 0) is 47.4 Å². The van der Waals surface area contributed by atoms with E-state index in [1.54, 1.807) is 17.0 Å². The van der Waals surface area contributed by atoms with Gasteiger partial charge in [-0.1, -0.05) is 32.9 Å². The highest BCUT2D eigenvalue weighted by Gasteiger charge is 2.31. The van der Waals surface area contributed by atoms with E-state index >= 15 is 0 Å². The van der Waals surface area contributed by atoms with E-state index in [9.17, 15) is 9.50 Å². The third kappa shape index (κ3) is 3.68. The summed E-state index contributed by atoms with van der Waals surface area (Å²) in [4.78, 5) is 6.35. The van der Waals surface area contributed by atoms with Crippen LogP contribution in [0.4, 0.5) is 10.1 Å². The third-order valence-corrected chi connectivity index (χ3v) is 5.87. The number of hydrogen-bond acceptors (Lipinski definition) is 4. The SMILES string of the molecule is CC(C)(C)c1ccc(N2CC(O)=C(c3nc(-c4ccc(F)cc4)cs3)C2=N)cc1. The van der Waals surface area contributed by atoms with Crippen LogP contribution in [0.5, 0.6) is 0 Å². The van der Waals surface area contributed by atoms with Crippen molar-refractivity contribution in [1.82, 2.24) is 4.98 Å². The van der Waals surface area contributed by atoms with E-state index in [-0.39, 0.29) is 29.4 Å². The Hall–Kier alpha value is -2.99. The van der Waals surface area contributed by atoms with Crippen LogP contribution in [0.2, 0.25) is 0 Å². The number of anilines is 1. The third-order valence-electron chi connectivity index (χ3n) is 5.01. The van der Waals surface area contributed by atoms with Crippen molar-refractivity contribution in [3.8, 4) is 11.3 Å². The molecule has 0 saturated carbocycles. The summed E-state index contributed by atoms with van der Waals surface area (Å²) < 4.78 is 13.2. The Balaban J connectivity index is 1.59. The van der Waals surface area contributed by atoms with Gasteiger partial charge in [-0.2, -0.15) is 0 Å². The summed E-state index contributed by atoms with van der Waals surface area (Å²) in [6.45, 7) is 6.72. The molecule has 2 N–H and O–H groups in total. The fourth-order valence-electron chi connectivity index (χ4n) is 3.31. The summed E-state index contributed by atoms with van der Waals surface area (Å²) in [6, 6.07) is 14.2. The van der Waals surface area contributed by atoms with Gasteiger partial charge in [-0.3, -0.25) is 5.41 Å². The molecule has 0 unspecified atom stereocenters. The molecule has 0 radical (unpaired) electrons. The van der Waals surface area contributed by atoms with E-state index < -0.39 is 0 Å². The zero-order chi connectivity index (χ0) is 20.8. The van der Waals surface area contributed by atoms with Gasteiger partial charge in [-0.25, -0.2) is 9.37 Å². The highest BCUT2D eigenvalue weighted by Crippen LogP contribution is 2.35. The minimum absolute atomic E-state index is 0.0558. The Morgan fingerprint density at radius 3 is 2.34 bits per heavy atom. The largest absolute Gasteiger partial charge is 0.510 e. The van der Waals surface area contributed by atoms with E-state index in [1.165, 1.54) is 29.0 Å². The van der Waals surface area contributed by atoms with Crippen molar-refractivity contribution in [2.75, 3.05) is 11.4 Å². The molecule has 1 aliphatic heterocycles. The molecule has 2 heterocycles. The first-order valence-electron chi connectivity index (χ1n) is 9.35. The van der Waals surface area contributed by atoms with Crippen LogP contribution in [0.3, 0.4) is 0 Å². The van der Waals surface area contributed by atoms with Crippen LogP contribution in [0.25, 0.3) is 16.8 Å². The molecule has 6 heteroatoms. The molecule has 4 rings (SSSR count). The Kier molecular flexibility index (Phi) is 4.74. The van der Waals surface area contributed by atoms with Crippen molar-refractivity contribution in [1.29, 1.82) is 5.41 Å². The van der Waals surface area contributed by atoms with Crippen molar-refractivity contribution in [3.05, 3.63) is 76.1 Å². The summed E-state index contributed by atoms with van der Waals surface area (Å²) >= 11 is 1.37. The number of aromatic nitrogens is 1. The van der Waals surface area contributed by atoms with Crippen LogP contribution in [-0.4, -0.2) is 22.5 Å². The average molecular weight is 408 g/mol. The fraction of sp³-hybridized carbons (Fsp3) is 0.217. The number of rotatable bonds is 3. The minimum atomic E-state index is -0.296. The highest BCUT2D eigenvalue weighted by molar-refractivity contribution is 7.11. The number of benzene rings is 2. The van der Waals surface area contributed by atoms with Crippen LogP contribution in [0.15, 0.2) is 59.7 Å². The van der Waals surface area contributed by atoms with Crippen molar-refractivity contribution in [2.24, 2.45) is 0 Å². The first-order valence-corrected chi connectivity index (χ1v) is 10.2. The number of nitrogens with zero attached hydrogens (tertiary/aromatic N) is 2. The molecule has 0 amide bonds. The summed E-state index contributed by atoms with van der Waals surface area (Å²) in [6.07, 6.45) is 0. The molecule has 3 aromatic rings. The van der Waals surface area contributed by atoms with E-state index in [0.717, 1.165) is 11.3 Å². The maximum Gasteiger partial charge on any atom is 0.139 e. The molecule has 0 saturated heterocycles. The van der Waals surface area contributed by atoms with Gasteiger partial charge >= 0.3 is 0 Å². The first-order chi connectivity index (χ1) is 13.7.